The highest BCUT2D eigenvalue weighted by Crippen LogP contribution is 2.33. The van der Waals surface area contributed by atoms with Crippen LogP contribution in [0.5, 0.6) is 0 Å². The molecule has 2 rings (SSSR count). The number of likely N-dealkylation sites (N-methyl/N-ethyl adjacent to an activating group) is 1. The van der Waals surface area contributed by atoms with Crippen molar-refractivity contribution in [3.8, 4) is 0 Å². The molecule has 98 valence electrons. The average molecular weight is 315 g/mol. The monoisotopic (exact) mass is 314 g/mol. The van der Waals surface area contributed by atoms with Gasteiger partial charge in [-0.2, -0.15) is 0 Å². The van der Waals surface area contributed by atoms with Crippen molar-refractivity contribution in [1.82, 2.24) is 4.90 Å². The Bertz CT molecular complexity index is 466. The first kappa shape index (κ1) is 13.5. The zero-order valence-electron chi connectivity index (χ0n) is 10.2. The first-order valence-corrected chi connectivity index (χ1v) is 6.76. The number of hydrogen-bond acceptors (Lipinski definition) is 2. The van der Waals surface area contributed by atoms with E-state index in [1.54, 1.807) is 18.0 Å². The van der Waals surface area contributed by atoms with Crippen LogP contribution in [0.2, 0.25) is 0 Å². The molecule has 0 aromatic heterocycles. The van der Waals surface area contributed by atoms with Crippen LogP contribution in [0.25, 0.3) is 0 Å². The van der Waals surface area contributed by atoms with Crippen LogP contribution in [0.4, 0.5) is 4.39 Å². The highest BCUT2D eigenvalue weighted by atomic mass is 79.9. The molecule has 5 heteroatoms. The van der Waals surface area contributed by atoms with E-state index in [2.05, 4.69) is 15.9 Å². The maximum Gasteiger partial charge on any atom is 0.222 e. The molecule has 0 spiro atoms. The second-order valence-corrected chi connectivity index (χ2v) is 5.53. The molecular formula is C13H16BrFN2O. The normalized spacial score (nSPS) is 25.1. The molecule has 1 heterocycles. The van der Waals surface area contributed by atoms with Crippen molar-refractivity contribution in [2.45, 2.75) is 31.3 Å². The molecule has 0 aliphatic carbocycles. The van der Waals surface area contributed by atoms with Gasteiger partial charge in [-0.1, -0.05) is 15.9 Å². The number of amides is 1. The van der Waals surface area contributed by atoms with Gasteiger partial charge in [0.1, 0.15) is 5.82 Å². The maximum absolute atomic E-state index is 13.4. The minimum atomic E-state index is -0.314. The number of carbonyl (C=O) groups excluding carboxylic acids is 1. The van der Waals surface area contributed by atoms with E-state index in [4.69, 9.17) is 5.73 Å². The van der Waals surface area contributed by atoms with Gasteiger partial charge < -0.3 is 10.6 Å². The molecule has 0 bridgehead atoms. The van der Waals surface area contributed by atoms with Gasteiger partial charge in [0.2, 0.25) is 5.91 Å². The number of hydrogen-bond donors (Lipinski definition) is 1. The van der Waals surface area contributed by atoms with E-state index in [0.717, 1.165) is 22.9 Å². The second-order valence-electron chi connectivity index (χ2n) is 4.67. The zero-order valence-corrected chi connectivity index (χ0v) is 11.8. The summed E-state index contributed by atoms with van der Waals surface area (Å²) < 4.78 is 14.2. The van der Waals surface area contributed by atoms with Gasteiger partial charge >= 0.3 is 0 Å². The Hall–Kier alpha value is -0.940. The molecule has 0 saturated carbocycles. The van der Waals surface area contributed by atoms with E-state index in [-0.39, 0.29) is 23.8 Å². The molecule has 0 radical (unpaired) electrons. The number of nitrogens with zero attached hydrogens (tertiary/aromatic N) is 1. The topological polar surface area (TPSA) is 46.3 Å². The summed E-state index contributed by atoms with van der Waals surface area (Å²) in [5, 5.41) is 0. The standard InChI is InChI=1S/C13H16BrFN2O/c1-17-12(18)4-2-3-11(16)13(17)9-7-8(15)5-6-10(9)14/h5-7,11,13H,2-4,16H2,1H3. The molecule has 2 N–H and O–H groups in total. The Kier molecular flexibility index (Phi) is 4.02. The Morgan fingerprint density at radius 1 is 1.50 bits per heavy atom. The molecule has 1 amide bonds. The van der Waals surface area contributed by atoms with Crippen LogP contribution in [-0.4, -0.2) is 23.9 Å². The summed E-state index contributed by atoms with van der Waals surface area (Å²) in [6.07, 6.45) is 2.06. The van der Waals surface area contributed by atoms with E-state index in [0.29, 0.717) is 6.42 Å². The second kappa shape index (κ2) is 5.36. The molecule has 2 unspecified atom stereocenters. The van der Waals surface area contributed by atoms with Gasteiger partial charge in [0, 0.05) is 24.0 Å². The van der Waals surface area contributed by atoms with Gasteiger partial charge in [0.05, 0.1) is 6.04 Å². The summed E-state index contributed by atoms with van der Waals surface area (Å²) in [6.45, 7) is 0. The predicted molar refractivity (Wildman–Crippen MR) is 71.4 cm³/mol. The van der Waals surface area contributed by atoms with Gasteiger partial charge in [-0.25, -0.2) is 4.39 Å². The molecule has 1 aliphatic heterocycles. The van der Waals surface area contributed by atoms with Gasteiger partial charge in [0.15, 0.2) is 0 Å². The highest BCUT2D eigenvalue weighted by Gasteiger charge is 2.31. The van der Waals surface area contributed by atoms with Gasteiger partial charge in [-0.15, -0.1) is 0 Å². The minimum absolute atomic E-state index is 0.0594. The lowest BCUT2D eigenvalue weighted by Gasteiger charge is -2.31. The van der Waals surface area contributed by atoms with Crippen molar-refractivity contribution in [3.63, 3.8) is 0 Å². The van der Waals surface area contributed by atoms with Gasteiger partial charge in [-0.05, 0) is 36.6 Å². The largest absolute Gasteiger partial charge is 0.337 e. The van der Waals surface area contributed by atoms with Crippen LogP contribution in [-0.2, 0) is 4.79 Å². The van der Waals surface area contributed by atoms with E-state index in [1.165, 1.54) is 12.1 Å². The van der Waals surface area contributed by atoms with Crippen molar-refractivity contribution in [1.29, 1.82) is 0 Å². The molecule has 1 aromatic rings. The lowest BCUT2D eigenvalue weighted by molar-refractivity contribution is -0.131. The number of likely N-dealkylation sites (tertiary alicyclic amines) is 1. The lowest BCUT2D eigenvalue weighted by Crippen LogP contribution is -2.40. The highest BCUT2D eigenvalue weighted by molar-refractivity contribution is 9.10. The summed E-state index contributed by atoms with van der Waals surface area (Å²) >= 11 is 3.41. The Morgan fingerprint density at radius 3 is 2.94 bits per heavy atom. The first-order chi connectivity index (χ1) is 8.50. The first-order valence-electron chi connectivity index (χ1n) is 5.97. The van der Waals surface area contributed by atoms with Crippen LogP contribution < -0.4 is 5.73 Å². The fourth-order valence-electron chi connectivity index (χ4n) is 2.45. The maximum atomic E-state index is 13.4. The van der Waals surface area contributed by atoms with E-state index in [9.17, 15) is 9.18 Å². The lowest BCUT2D eigenvalue weighted by atomic mass is 9.96. The molecule has 1 fully saturated rings. The summed E-state index contributed by atoms with van der Waals surface area (Å²) in [7, 11) is 1.73. The number of nitrogens with two attached hydrogens (primary N) is 1. The Labute approximate surface area is 114 Å². The Balaban J connectivity index is 2.44. The summed E-state index contributed by atoms with van der Waals surface area (Å²) in [4.78, 5) is 13.5. The zero-order chi connectivity index (χ0) is 13.3. The third-order valence-corrected chi connectivity index (χ3v) is 4.14. The molecule has 3 nitrogen and oxygen atoms in total. The van der Waals surface area contributed by atoms with Crippen LogP contribution in [0.15, 0.2) is 22.7 Å². The van der Waals surface area contributed by atoms with Crippen LogP contribution >= 0.6 is 15.9 Å². The number of benzene rings is 1. The molecule has 1 saturated heterocycles. The van der Waals surface area contributed by atoms with Crippen LogP contribution in [0, 0.1) is 5.82 Å². The summed E-state index contributed by atoms with van der Waals surface area (Å²) in [5.41, 5.74) is 6.88. The summed E-state index contributed by atoms with van der Waals surface area (Å²) in [6, 6.07) is 4.05. The fourth-order valence-corrected chi connectivity index (χ4v) is 2.93. The van der Waals surface area contributed by atoms with Gasteiger partial charge in [-0.3, -0.25) is 4.79 Å². The predicted octanol–water partition coefficient (Wildman–Crippen LogP) is 2.60. The van der Waals surface area contributed by atoms with Crippen molar-refractivity contribution in [2.24, 2.45) is 5.73 Å². The molecular weight excluding hydrogens is 299 g/mol. The Morgan fingerprint density at radius 2 is 2.22 bits per heavy atom. The number of halogens is 2. The van der Waals surface area contributed by atoms with Crippen molar-refractivity contribution >= 4 is 21.8 Å². The molecule has 18 heavy (non-hydrogen) atoms. The smallest absolute Gasteiger partial charge is 0.222 e. The third kappa shape index (κ3) is 2.57. The number of rotatable bonds is 1. The fraction of sp³-hybridized carbons (Fsp3) is 0.462. The molecule has 1 aliphatic rings. The van der Waals surface area contributed by atoms with E-state index >= 15 is 0 Å². The van der Waals surface area contributed by atoms with Crippen molar-refractivity contribution in [2.75, 3.05) is 7.05 Å². The van der Waals surface area contributed by atoms with E-state index in [1.807, 2.05) is 0 Å². The molecule has 1 aromatic carbocycles. The third-order valence-electron chi connectivity index (χ3n) is 3.42. The average Bonchev–Trinajstić information content (AvgIpc) is 2.44. The van der Waals surface area contributed by atoms with Crippen molar-refractivity contribution in [3.05, 3.63) is 34.1 Å². The number of carbonyl (C=O) groups is 1. The van der Waals surface area contributed by atoms with Crippen LogP contribution in [0.1, 0.15) is 30.9 Å². The quantitative estimate of drug-likeness (QED) is 0.866. The van der Waals surface area contributed by atoms with Gasteiger partial charge in [0.25, 0.3) is 0 Å². The van der Waals surface area contributed by atoms with Crippen LogP contribution in [0.3, 0.4) is 0 Å². The SMILES string of the molecule is CN1C(=O)CCCC(N)C1c1cc(F)ccc1Br. The molecule has 2 atom stereocenters. The summed E-state index contributed by atoms with van der Waals surface area (Å²) in [5.74, 6) is -0.255. The van der Waals surface area contributed by atoms with E-state index < -0.39 is 0 Å². The van der Waals surface area contributed by atoms with Crippen molar-refractivity contribution < 1.29 is 9.18 Å². The minimum Gasteiger partial charge on any atom is -0.337 e.